The first-order valence-electron chi connectivity index (χ1n) is 8.18. The van der Waals surface area contributed by atoms with E-state index in [4.69, 9.17) is 17.0 Å². The van der Waals surface area contributed by atoms with Crippen molar-refractivity contribution in [2.75, 3.05) is 6.54 Å². The number of hydrogen-bond donors (Lipinski definition) is 2. The van der Waals surface area contributed by atoms with Gasteiger partial charge in [-0.2, -0.15) is 5.10 Å². The molecule has 2 aromatic rings. The van der Waals surface area contributed by atoms with Crippen molar-refractivity contribution in [3.8, 4) is 5.75 Å². The Labute approximate surface area is 146 Å². The number of rotatable bonds is 5. The van der Waals surface area contributed by atoms with Gasteiger partial charge in [0, 0.05) is 30.5 Å². The highest BCUT2D eigenvalue weighted by molar-refractivity contribution is 7.71. The van der Waals surface area contributed by atoms with E-state index in [0.717, 1.165) is 17.1 Å². The van der Waals surface area contributed by atoms with Gasteiger partial charge in [-0.25, -0.2) is 0 Å². The van der Waals surface area contributed by atoms with Crippen molar-refractivity contribution in [3.63, 3.8) is 0 Å². The maximum Gasteiger partial charge on any atom is 0.261 e. The summed E-state index contributed by atoms with van der Waals surface area (Å²) in [5, 5.41) is 10.00. The summed E-state index contributed by atoms with van der Waals surface area (Å²) in [6, 6.07) is 8.02. The third-order valence-corrected chi connectivity index (χ3v) is 4.61. The lowest BCUT2D eigenvalue weighted by Crippen LogP contribution is -2.40. The Hall–Kier alpha value is -2.15. The zero-order chi connectivity index (χ0) is 17.3. The van der Waals surface area contributed by atoms with Crippen LogP contribution in [0, 0.1) is 4.77 Å². The molecule has 0 spiro atoms. The molecule has 0 radical (unpaired) electrons. The molecule has 2 N–H and O–H groups in total. The Morgan fingerprint density at radius 3 is 2.92 bits per heavy atom. The fourth-order valence-corrected chi connectivity index (χ4v) is 3.45. The van der Waals surface area contributed by atoms with E-state index < -0.39 is 6.10 Å². The molecule has 6 nitrogen and oxygen atoms in total. The fraction of sp³-hybridized carbons (Fsp3) is 0.471. The van der Waals surface area contributed by atoms with Gasteiger partial charge in [-0.1, -0.05) is 25.1 Å². The summed E-state index contributed by atoms with van der Waals surface area (Å²) in [6.45, 7) is 6.62. The largest absolute Gasteiger partial charge is 0.480 e. The van der Waals surface area contributed by atoms with E-state index in [1.807, 2.05) is 35.8 Å². The lowest BCUT2D eigenvalue weighted by molar-refractivity contribution is -0.127. The molecular formula is C17H22N4O2S. The number of aromatic nitrogens is 3. The molecule has 1 aliphatic rings. The monoisotopic (exact) mass is 346 g/mol. The molecule has 2 atom stereocenters. The molecule has 0 saturated carbocycles. The number of nitrogens with zero attached hydrogens (tertiary/aromatic N) is 2. The Balaban J connectivity index is 1.59. The van der Waals surface area contributed by atoms with E-state index >= 15 is 0 Å². The SMILES string of the molecule is CC(C)n1c(CCNC(=O)[C@@H]2Oc3ccccc3[C@@H]2C)n[nH]c1=S. The van der Waals surface area contributed by atoms with Gasteiger partial charge in [0.2, 0.25) is 0 Å². The predicted molar refractivity (Wildman–Crippen MR) is 93.8 cm³/mol. The van der Waals surface area contributed by atoms with Crippen LogP contribution in [0.2, 0.25) is 0 Å². The molecule has 1 amide bonds. The van der Waals surface area contributed by atoms with Crippen LogP contribution in [-0.4, -0.2) is 33.3 Å². The van der Waals surface area contributed by atoms with E-state index in [-0.39, 0.29) is 17.9 Å². The number of benzene rings is 1. The normalized spacial score (nSPS) is 19.2. The first kappa shape index (κ1) is 16.7. The molecule has 0 aliphatic carbocycles. The van der Waals surface area contributed by atoms with Gasteiger partial charge in [-0.3, -0.25) is 9.89 Å². The second kappa shape index (κ2) is 6.76. The fourth-order valence-electron chi connectivity index (χ4n) is 3.09. The van der Waals surface area contributed by atoms with Crippen molar-refractivity contribution >= 4 is 18.1 Å². The number of ether oxygens (including phenoxy) is 1. The van der Waals surface area contributed by atoms with Gasteiger partial charge in [0.15, 0.2) is 10.9 Å². The zero-order valence-electron chi connectivity index (χ0n) is 14.1. The average Bonchev–Trinajstić information content (AvgIpc) is 3.08. The second-order valence-corrected chi connectivity index (χ2v) is 6.70. The number of amides is 1. The maximum absolute atomic E-state index is 12.4. The molecule has 24 heavy (non-hydrogen) atoms. The van der Waals surface area contributed by atoms with E-state index in [2.05, 4.69) is 29.4 Å². The first-order valence-corrected chi connectivity index (χ1v) is 8.59. The van der Waals surface area contributed by atoms with Crippen LogP contribution in [0.1, 0.15) is 44.1 Å². The molecule has 0 unspecified atom stereocenters. The summed E-state index contributed by atoms with van der Waals surface area (Å²) < 4.78 is 8.36. The Morgan fingerprint density at radius 1 is 1.46 bits per heavy atom. The van der Waals surface area contributed by atoms with Crippen molar-refractivity contribution in [3.05, 3.63) is 40.4 Å². The minimum absolute atomic E-state index is 0.0476. The minimum Gasteiger partial charge on any atom is -0.480 e. The Morgan fingerprint density at radius 2 is 2.21 bits per heavy atom. The third kappa shape index (κ3) is 3.08. The van der Waals surface area contributed by atoms with Gasteiger partial charge >= 0.3 is 0 Å². The van der Waals surface area contributed by atoms with Gasteiger partial charge in [-0.05, 0) is 32.1 Å². The van der Waals surface area contributed by atoms with Crippen molar-refractivity contribution in [2.24, 2.45) is 0 Å². The summed E-state index contributed by atoms with van der Waals surface area (Å²) in [4.78, 5) is 12.4. The third-order valence-electron chi connectivity index (χ3n) is 4.32. The van der Waals surface area contributed by atoms with Crippen molar-refractivity contribution < 1.29 is 9.53 Å². The average molecular weight is 346 g/mol. The zero-order valence-corrected chi connectivity index (χ0v) is 14.9. The van der Waals surface area contributed by atoms with Crippen LogP contribution < -0.4 is 10.1 Å². The quantitative estimate of drug-likeness (QED) is 0.817. The molecule has 1 aromatic heterocycles. The van der Waals surface area contributed by atoms with Crippen LogP contribution in [-0.2, 0) is 11.2 Å². The smallest absolute Gasteiger partial charge is 0.261 e. The summed E-state index contributed by atoms with van der Waals surface area (Å²) >= 11 is 5.23. The maximum atomic E-state index is 12.4. The molecule has 7 heteroatoms. The van der Waals surface area contributed by atoms with E-state index in [1.165, 1.54) is 0 Å². The van der Waals surface area contributed by atoms with Crippen molar-refractivity contribution in [1.29, 1.82) is 0 Å². The molecule has 0 bridgehead atoms. The van der Waals surface area contributed by atoms with Crippen molar-refractivity contribution in [2.45, 2.75) is 45.3 Å². The number of hydrogen-bond acceptors (Lipinski definition) is 4. The summed E-state index contributed by atoms with van der Waals surface area (Å²) in [5.74, 6) is 1.60. The number of aromatic amines is 1. The minimum atomic E-state index is -0.478. The van der Waals surface area contributed by atoms with Gasteiger partial charge in [-0.15, -0.1) is 0 Å². The second-order valence-electron chi connectivity index (χ2n) is 6.31. The van der Waals surface area contributed by atoms with Gasteiger partial charge in [0.05, 0.1) is 0 Å². The van der Waals surface area contributed by atoms with E-state index in [1.54, 1.807) is 0 Å². The lowest BCUT2D eigenvalue weighted by Gasteiger charge is -2.15. The highest BCUT2D eigenvalue weighted by atomic mass is 32.1. The number of carbonyl (C=O) groups is 1. The molecular weight excluding hydrogens is 324 g/mol. The lowest BCUT2D eigenvalue weighted by atomic mass is 9.97. The van der Waals surface area contributed by atoms with Crippen molar-refractivity contribution in [1.82, 2.24) is 20.1 Å². The summed E-state index contributed by atoms with van der Waals surface area (Å²) in [7, 11) is 0. The summed E-state index contributed by atoms with van der Waals surface area (Å²) in [6.07, 6.45) is 0.138. The Kier molecular flexibility index (Phi) is 4.71. The molecule has 0 fully saturated rings. The number of nitrogens with one attached hydrogen (secondary N) is 2. The van der Waals surface area contributed by atoms with Gasteiger partial charge in [0.1, 0.15) is 11.6 Å². The highest BCUT2D eigenvalue weighted by Crippen LogP contribution is 2.37. The predicted octanol–water partition coefficient (Wildman–Crippen LogP) is 2.74. The van der Waals surface area contributed by atoms with Crippen LogP contribution >= 0.6 is 12.2 Å². The molecule has 3 rings (SSSR count). The molecule has 0 saturated heterocycles. The number of fused-ring (bicyclic) bond motifs is 1. The molecule has 128 valence electrons. The number of H-pyrrole nitrogens is 1. The number of carbonyl (C=O) groups excluding carboxylic acids is 1. The van der Waals surface area contributed by atoms with Crippen LogP contribution in [0.3, 0.4) is 0 Å². The van der Waals surface area contributed by atoms with E-state index in [9.17, 15) is 4.79 Å². The van der Waals surface area contributed by atoms with Crippen LogP contribution in [0.5, 0.6) is 5.75 Å². The number of para-hydroxylation sites is 1. The Bertz CT molecular complexity index is 796. The van der Waals surface area contributed by atoms with Crippen LogP contribution in [0.25, 0.3) is 0 Å². The van der Waals surface area contributed by atoms with Crippen LogP contribution in [0.15, 0.2) is 24.3 Å². The highest BCUT2D eigenvalue weighted by Gasteiger charge is 2.35. The standard InChI is InChI=1S/C17H22N4O2S/c1-10(2)21-14(19-20-17(21)24)8-9-18-16(22)15-11(3)12-6-4-5-7-13(12)23-15/h4-7,10-11,15H,8-9H2,1-3H3,(H,18,22)(H,20,24)/t11-,15+/m0/s1. The van der Waals surface area contributed by atoms with Gasteiger partial charge in [0.25, 0.3) is 5.91 Å². The topological polar surface area (TPSA) is 71.9 Å². The molecule has 1 aromatic carbocycles. The van der Waals surface area contributed by atoms with Crippen LogP contribution in [0.4, 0.5) is 0 Å². The molecule has 2 heterocycles. The first-order chi connectivity index (χ1) is 11.5. The van der Waals surface area contributed by atoms with Gasteiger partial charge < -0.3 is 14.6 Å². The van der Waals surface area contributed by atoms with E-state index in [0.29, 0.717) is 17.7 Å². The summed E-state index contributed by atoms with van der Waals surface area (Å²) in [5.41, 5.74) is 1.08. The molecule has 1 aliphatic heterocycles.